The second-order valence-corrected chi connectivity index (χ2v) is 18.9. The first-order valence-corrected chi connectivity index (χ1v) is 21.7. The summed E-state index contributed by atoms with van der Waals surface area (Å²) in [5.41, 5.74) is 8.56. The maximum absolute atomic E-state index is 12.8. The third-order valence-electron chi connectivity index (χ3n) is 9.80. The van der Waals surface area contributed by atoms with E-state index in [1.54, 1.807) is 13.8 Å². The van der Waals surface area contributed by atoms with E-state index in [4.69, 9.17) is 24.5 Å². The summed E-state index contributed by atoms with van der Waals surface area (Å²) >= 11 is 0. The molecule has 17 heteroatoms. The second-order valence-electron chi connectivity index (χ2n) is 14.0. The number of rotatable bonds is 12. The summed E-state index contributed by atoms with van der Waals surface area (Å²) in [5, 5.41) is 17.0. The Morgan fingerprint density at radius 3 is 1.61 bits per heavy atom. The van der Waals surface area contributed by atoms with E-state index in [1.807, 2.05) is 48.5 Å². The molecule has 1 fully saturated rings. The monoisotopic (exact) mass is 812 g/mol. The Morgan fingerprint density at radius 2 is 1.23 bits per heavy atom. The van der Waals surface area contributed by atoms with Gasteiger partial charge < -0.3 is 14.4 Å². The third kappa shape index (κ3) is 11.0. The van der Waals surface area contributed by atoms with E-state index in [0.717, 1.165) is 47.6 Å². The van der Waals surface area contributed by atoms with E-state index in [1.165, 1.54) is 19.3 Å². The average molecular weight is 813 g/mol. The molecule has 0 saturated carbocycles. The molecule has 2 amide bonds. The minimum atomic E-state index is -3.78. The Kier molecular flexibility index (Phi) is 14.8. The number of oxime groups is 2. The van der Waals surface area contributed by atoms with Crippen LogP contribution < -0.4 is 11.0 Å². The van der Waals surface area contributed by atoms with Crippen molar-refractivity contribution in [1.29, 1.82) is 0 Å². The summed E-state index contributed by atoms with van der Waals surface area (Å²) in [6, 6.07) is 15.0. The second kappa shape index (κ2) is 18.9. The zero-order valence-corrected chi connectivity index (χ0v) is 33.9. The molecule has 2 aromatic rings. The van der Waals surface area contributed by atoms with Crippen LogP contribution in [0, 0.1) is 23.7 Å². The summed E-state index contributed by atoms with van der Waals surface area (Å²) in [5.74, 6) is 9.84. The van der Waals surface area contributed by atoms with E-state index in [0.29, 0.717) is 37.3 Å². The quantitative estimate of drug-likeness (QED) is 0.160. The molecule has 1 saturated heterocycles. The van der Waals surface area contributed by atoms with Crippen LogP contribution in [0.1, 0.15) is 94.9 Å². The number of carbonyl (C=O) groups excluding carboxylic acids is 2. The lowest BCUT2D eigenvalue weighted by molar-refractivity contribution is -0.201. The van der Waals surface area contributed by atoms with E-state index in [2.05, 4.69) is 39.5 Å². The number of amides is 2. The van der Waals surface area contributed by atoms with Gasteiger partial charge >= 0.3 is 0 Å². The highest BCUT2D eigenvalue weighted by atomic mass is 32.2. The van der Waals surface area contributed by atoms with Gasteiger partial charge in [-0.25, -0.2) is 32.6 Å². The van der Waals surface area contributed by atoms with Crippen molar-refractivity contribution in [3.05, 3.63) is 70.8 Å². The van der Waals surface area contributed by atoms with Crippen LogP contribution in [0.4, 0.5) is 0 Å². The number of hydrogen-bond acceptors (Lipinski definition) is 13. The van der Waals surface area contributed by atoms with Crippen molar-refractivity contribution in [3.63, 3.8) is 0 Å². The lowest BCUT2D eigenvalue weighted by Crippen LogP contribution is -2.52. The summed E-state index contributed by atoms with van der Waals surface area (Å²) in [6.07, 6.45) is 3.36. The Bertz CT molecular complexity index is 2140. The maximum atomic E-state index is 12.8. The molecule has 5 rings (SSSR count). The fourth-order valence-corrected chi connectivity index (χ4v) is 7.78. The molecule has 0 radical (unpaired) electrons. The largest absolute Gasteiger partial charge is 0.392 e. The molecule has 0 aromatic heterocycles. The zero-order chi connectivity index (χ0) is 41.1. The van der Waals surface area contributed by atoms with Gasteiger partial charge in [-0.3, -0.25) is 14.8 Å². The summed E-state index contributed by atoms with van der Waals surface area (Å²) in [4.78, 5) is 40.8. The first-order valence-electron chi connectivity index (χ1n) is 17.9. The Morgan fingerprint density at radius 1 is 0.786 bits per heavy atom. The van der Waals surface area contributed by atoms with Crippen LogP contribution >= 0.6 is 0 Å². The number of hydroxylamine groups is 2. The van der Waals surface area contributed by atoms with Crippen molar-refractivity contribution < 1.29 is 50.9 Å². The Labute approximate surface area is 328 Å². The van der Waals surface area contributed by atoms with E-state index in [9.17, 15) is 26.4 Å². The van der Waals surface area contributed by atoms with Gasteiger partial charge in [-0.2, -0.15) is 0 Å². The van der Waals surface area contributed by atoms with Gasteiger partial charge in [-0.1, -0.05) is 46.4 Å². The van der Waals surface area contributed by atoms with E-state index >= 15 is 0 Å². The van der Waals surface area contributed by atoms with Gasteiger partial charge in [-0.15, -0.1) is 11.8 Å². The lowest BCUT2D eigenvalue weighted by Gasteiger charge is -2.29. The van der Waals surface area contributed by atoms with Crippen LogP contribution in [0.2, 0.25) is 0 Å². The Balaban J connectivity index is 0.000000255. The molecule has 3 N–H and O–H groups in total. The molecule has 3 aliphatic rings. The molecule has 0 spiro atoms. The summed E-state index contributed by atoms with van der Waals surface area (Å²) in [7, 11) is -7.55. The molecule has 5 atom stereocenters. The van der Waals surface area contributed by atoms with Crippen LogP contribution in [0.3, 0.4) is 0 Å². The molecule has 0 bridgehead atoms. The number of ether oxygens (including phenoxy) is 1. The minimum absolute atomic E-state index is 0.0566. The van der Waals surface area contributed by atoms with E-state index < -0.39 is 59.5 Å². The van der Waals surface area contributed by atoms with Gasteiger partial charge in [0.25, 0.3) is 11.8 Å². The molecule has 56 heavy (non-hydrogen) atoms. The topological polar surface area (TPSA) is 208 Å². The first kappa shape index (κ1) is 43.9. The van der Waals surface area contributed by atoms with Gasteiger partial charge in [0.15, 0.2) is 35.5 Å². The third-order valence-corrected chi connectivity index (χ3v) is 13.8. The van der Waals surface area contributed by atoms with Gasteiger partial charge in [0.2, 0.25) is 0 Å². The highest BCUT2D eigenvalue weighted by Gasteiger charge is 2.48. The highest BCUT2D eigenvalue weighted by Crippen LogP contribution is 2.31. The fourth-order valence-electron chi connectivity index (χ4n) is 6.04. The van der Waals surface area contributed by atoms with Crippen molar-refractivity contribution in [2.24, 2.45) is 10.3 Å². The molecule has 15 nitrogen and oxygen atoms in total. The number of nitrogens with one attached hydrogen (secondary N) is 2. The van der Waals surface area contributed by atoms with Gasteiger partial charge in [0.1, 0.15) is 12.2 Å². The van der Waals surface area contributed by atoms with Gasteiger partial charge in [0.05, 0.1) is 11.4 Å². The van der Waals surface area contributed by atoms with E-state index in [-0.39, 0.29) is 12.8 Å². The first-order chi connectivity index (χ1) is 26.4. The summed E-state index contributed by atoms with van der Waals surface area (Å²) in [6.45, 7) is 6.71. The Hall–Kier alpha value is -4.78. The number of hydrogen-bond donors (Lipinski definition) is 3. The van der Waals surface area contributed by atoms with Crippen molar-refractivity contribution in [3.8, 4) is 23.7 Å². The smallest absolute Gasteiger partial charge is 0.264 e. The molecule has 3 unspecified atom stereocenters. The number of sulfone groups is 2. The standard InChI is InChI=1S/C22H28N2O6S.C17H20N2O5S/c1-4-7-16-9-11-17(12-10-16)19-14-18(29-23-19)15-22(2,31(3,26)27)21(25)24-30-20-8-5-6-13-28-20;1-4-5-12-6-8-13(9-7-12)15-10-14(24-19-15)11-17(2,16(20)18-21)25(3,22)23/h9-12,18,20H,5-6,8,13-15H2,1-3H3,(H,24,25);6-9,14,21H,10-11H2,1-3H3,(H,18,20)/t18?,20?,22-;14?,17-/m11/s1. The van der Waals surface area contributed by atoms with Crippen LogP contribution in [-0.4, -0.2) is 92.4 Å². The molecule has 2 aromatic carbocycles. The molecule has 0 aliphatic carbocycles. The highest BCUT2D eigenvalue weighted by molar-refractivity contribution is 7.93. The molecule has 3 heterocycles. The number of carbonyl (C=O) groups is 2. The predicted molar refractivity (Wildman–Crippen MR) is 209 cm³/mol. The van der Waals surface area contributed by atoms with Crippen molar-refractivity contribution in [2.75, 3.05) is 19.1 Å². The predicted octanol–water partition coefficient (Wildman–Crippen LogP) is 3.57. The van der Waals surface area contributed by atoms with Crippen LogP contribution in [0.25, 0.3) is 0 Å². The van der Waals surface area contributed by atoms with Gasteiger partial charge in [-0.05, 0) is 75.9 Å². The van der Waals surface area contributed by atoms with Crippen LogP contribution in [0.5, 0.6) is 0 Å². The van der Waals surface area contributed by atoms with Crippen molar-refractivity contribution in [1.82, 2.24) is 11.0 Å². The van der Waals surface area contributed by atoms with Crippen molar-refractivity contribution in [2.45, 2.75) is 101 Å². The number of nitrogens with zero attached hydrogens (tertiary/aromatic N) is 2. The van der Waals surface area contributed by atoms with Crippen molar-refractivity contribution >= 4 is 42.9 Å². The molecule has 3 aliphatic heterocycles. The van der Waals surface area contributed by atoms with Crippen LogP contribution in [0.15, 0.2) is 58.8 Å². The zero-order valence-electron chi connectivity index (χ0n) is 32.2. The van der Waals surface area contributed by atoms with Gasteiger partial charge in [0, 0.05) is 62.3 Å². The maximum Gasteiger partial charge on any atom is 0.264 e. The minimum Gasteiger partial charge on any atom is -0.392 e. The van der Waals surface area contributed by atoms with Crippen LogP contribution in [-0.2, 0) is 48.5 Å². The normalized spacial score (nSPS) is 21.2. The average Bonchev–Trinajstić information content (AvgIpc) is 3.84. The fraction of sp³-hybridized carbons (Fsp3) is 0.487. The SMILES string of the molecule is CC#Cc1ccc(C2=NOC(C[C@](C)(C(=O)NO)S(C)(=O)=O)C2)cc1.CC#Cc1ccc(C2=NOC(C[C@](C)(C(=O)NOC3CCCCO3)S(C)(=O)=O)C2)cc1. The molecular weight excluding hydrogens is 765 g/mol. The lowest BCUT2D eigenvalue weighted by atomic mass is 9.96. The summed E-state index contributed by atoms with van der Waals surface area (Å²) < 4.78 is 51.0. The molecule has 302 valence electrons. The molecular formula is C39H48N4O11S2. The number of benzene rings is 2.